The zero-order valence-electron chi connectivity index (χ0n) is 18.6. The highest BCUT2D eigenvalue weighted by Gasteiger charge is 2.12. The first kappa shape index (κ1) is 20.8. The summed E-state index contributed by atoms with van der Waals surface area (Å²) in [4.78, 5) is 13.2. The summed E-state index contributed by atoms with van der Waals surface area (Å²) in [6.45, 7) is 5.27. The van der Waals surface area contributed by atoms with Gasteiger partial charge in [-0.2, -0.15) is 0 Å². The number of pyridine rings is 1. The van der Waals surface area contributed by atoms with Crippen LogP contribution in [0.5, 0.6) is 0 Å². The van der Waals surface area contributed by atoms with Crippen molar-refractivity contribution in [3.63, 3.8) is 0 Å². The van der Waals surface area contributed by atoms with Crippen molar-refractivity contribution in [2.75, 3.05) is 11.9 Å². The highest BCUT2D eigenvalue weighted by molar-refractivity contribution is 5.85. The smallest absolute Gasteiger partial charge is 0.147 e. The van der Waals surface area contributed by atoms with Crippen molar-refractivity contribution >= 4 is 16.7 Å². The maximum Gasteiger partial charge on any atom is 0.147 e. The molecule has 0 aliphatic rings. The van der Waals surface area contributed by atoms with Gasteiger partial charge in [-0.05, 0) is 43.7 Å². The SMILES string of the molecule is Cc1ccc(F)c2c1cc(C)n2CCNc1cc(-c2ccc(-c3ccccn3)cc2)ncn1. The molecule has 0 bridgehead atoms. The Labute approximate surface area is 192 Å². The van der Waals surface area contributed by atoms with Crippen LogP contribution < -0.4 is 5.32 Å². The first-order valence-corrected chi connectivity index (χ1v) is 10.9. The fourth-order valence-corrected chi connectivity index (χ4v) is 4.14. The number of nitrogens with zero attached hydrogens (tertiary/aromatic N) is 4. The Kier molecular flexibility index (Phi) is 5.57. The van der Waals surface area contributed by atoms with Crippen LogP contribution in [-0.2, 0) is 6.54 Å². The number of hydrogen-bond donors (Lipinski definition) is 1. The summed E-state index contributed by atoms with van der Waals surface area (Å²) in [7, 11) is 0. The first-order chi connectivity index (χ1) is 16.1. The Morgan fingerprint density at radius 2 is 1.64 bits per heavy atom. The van der Waals surface area contributed by atoms with Gasteiger partial charge in [-0.3, -0.25) is 4.98 Å². The van der Waals surface area contributed by atoms with Gasteiger partial charge in [0.15, 0.2) is 0 Å². The molecule has 0 aliphatic carbocycles. The standard InChI is InChI=1S/C27H24FN5/c1-18-6-11-23(28)27-22(18)15-19(2)33(27)14-13-30-26-16-25(31-17-32-26)21-9-7-20(8-10-21)24-5-3-4-12-29-24/h3-12,15-17H,13-14H2,1-2H3,(H,30,31,32). The van der Waals surface area contributed by atoms with Crippen molar-refractivity contribution in [1.82, 2.24) is 19.5 Å². The number of fused-ring (bicyclic) bond motifs is 1. The van der Waals surface area contributed by atoms with Crippen molar-refractivity contribution in [1.29, 1.82) is 0 Å². The van der Waals surface area contributed by atoms with E-state index in [1.165, 1.54) is 6.07 Å². The highest BCUT2D eigenvalue weighted by Crippen LogP contribution is 2.26. The van der Waals surface area contributed by atoms with Gasteiger partial charge in [-0.15, -0.1) is 0 Å². The molecule has 0 amide bonds. The molecule has 0 aliphatic heterocycles. The molecule has 3 aromatic heterocycles. The van der Waals surface area contributed by atoms with Crippen LogP contribution in [0.15, 0.2) is 79.3 Å². The van der Waals surface area contributed by atoms with Gasteiger partial charge < -0.3 is 9.88 Å². The van der Waals surface area contributed by atoms with Crippen molar-refractivity contribution in [2.24, 2.45) is 0 Å². The maximum atomic E-state index is 14.5. The van der Waals surface area contributed by atoms with E-state index in [9.17, 15) is 4.39 Å². The van der Waals surface area contributed by atoms with Gasteiger partial charge >= 0.3 is 0 Å². The van der Waals surface area contributed by atoms with Crippen molar-refractivity contribution in [3.8, 4) is 22.5 Å². The van der Waals surface area contributed by atoms with Crippen LogP contribution in [0.3, 0.4) is 0 Å². The summed E-state index contributed by atoms with van der Waals surface area (Å²) in [5.74, 6) is 0.543. The lowest BCUT2D eigenvalue weighted by Crippen LogP contribution is -2.13. The van der Waals surface area contributed by atoms with E-state index >= 15 is 0 Å². The van der Waals surface area contributed by atoms with Crippen LogP contribution in [-0.4, -0.2) is 26.1 Å². The number of nitrogens with one attached hydrogen (secondary N) is 1. The lowest BCUT2D eigenvalue weighted by Gasteiger charge is -2.11. The fraction of sp³-hybridized carbons (Fsp3) is 0.148. The average Bonchev–Trinajstić information content (AvgIpc) is 3.20. The molecule has 0 atom stereocenters. The van der Waals surface area contributed by atoms with Crippen LogP contribution in [0.2, 0.25) is 0 Å². The first-order valence-electron chi connectivity index (χ1n) is 10.9. The molecule has 0 saturated heterocycles. The van der Waals surface area contributed by atoms with E-state index in [2.05, 4.69) is 20.3 Å². The molecule has 1 N–H and O–H groups in total. The second-order valence-corrected chi connectivity index (χ2v) is 8.07. The summed E-state index contributed by atoms with van der Waals surface area (Å²) in [6, 6.07) is 21.4. The number of rotatable bonds is 6. The average molecular weight is 438 g/mol. The molecular formula is C27H24FN5. The summed E-state index contributed by atoms with van der Waals surface area (Å²) in [5.41, 5.74) is 6.61. The van der Waals surface area contributed by atoms with Gasteiger partial charge in [0, 0.05) is 47.6 Å². The Bertz CT molecular complexity index is 1410. The predicted molar refractivity (Wildman–Crippen MR) is 131 cm³/mol. The third-order valence-electron chi connectivity index (χ3n) is 5.88. The number of benzene rings is 2. The van der Waals surface area contributed by atoms with Crippen LogP contribution in [0.1, 0.15) is 11.3 Å². The van der Waals surface area contributed by atoms with Gasteiger partial charge in [0.2, 0.25) is 0 Å². The molecule has 0 saturated carbocycles. The minimum Gasteiger partial charge on any atom is -0.368 e. The Hall–Kier alpha value is -4.06. The third kappa shape index (κ3) is 4.20. The summed E-state index contributed by atoms with van der Waals surface area (Å²) in [5, 5.41) is 4.32. The Balaban J connectivity index is 1.30. The van der Waals surface area contributed by atoms with E-state index in [1.54, 1.807) is 12.5 Å². The zero-order valence-corrected chi connectivity index (χ0v) is 18.6. The number of aromatic nitrogens is 4. The predicted octanol–water partition coefficient (Wildman–Crippen LogP) is 6.03. The second-order valence-electron chi connectivity index (χ2n) is 8.07. The molecule has 5 rings (SSSR count). The normalized spacial score (nSPS) is 11.1. The van der Waals surface area contributed by atoms with E-state index < -0.39 is 0 Å². The van der Waals surface area contributed by atoms with E-state index in [4.69, 9.17) is 0 Å². The van der Waals surface area contributed by atoms with Gasteiger partial charge in [0.25, 0.3) is 0 Å². The minimum atomic E-state index is -0.192. The molecule has 0 radical (unpaired) electrons. The topological polar surface area (TPSA) is 55.6 Å². The Morgan fingerprint density at radius 3 is 2.39 bits per heavy atom. The number of hydrogen-bond acceptors (Lipinski definition) is 4. The summed E-state index contributed by atoms with van der Waals surface area (Å²) in [6.07, 6.45) is 3.35. The van der Waals surface area contributed by atoms with Crippen LogP contribution in [0, 0.1) is 19.7 Å². The molecule has 6 heteroatoms. The van der Waals surface area contributed by atoms with Crippen LogP contribution >= 0.6 is 0 Å². The molecule has 5 aromatic rings. The lowest BCUT2D eigenvalue weighted by molar-refractivity contribution is 0.621. The van der Waals surface area contributed by atoms with E-state index in [1.807, 2.05) is 79.1 Å². The molecule has 5 nitrogen and oxygen atoms in total. The third-order valence-corrected chi connectivity index (χ3v) is 5.88. The quantitative estimate of drug-likeness (QED) is 0.352. The molecule has 0 fully saturated rings. The highest BCUT2D eigenvalue weighted by atomic mass is 19.1. The van der Waals surface area contributed by atoms with Gasteiger partial charge in [0.1, 0.15) is 18.0 Å². The monoisotopic (exact) mass is 437 g/mol. The number of aryl methyl sites for hydroxylation is 2. The molecule has 33 heavy (non-hydrogen) atoms. The van der Waals surface area contributed by atoms with Crippen LogP contribution in [0.25, 0.3) is 33.4 Å². The second kappa shape index (κ2) is 8.82. The van der Waals surface area contributed by atoms with Crippen molar-refractivity contribution in [2.45, 2.75) is 20.4 Å². The zero-order chi connectivity index (χ0) is 22.8. The van der Waals surface area contributed by atoms with Crippen molar-refractivity contribution in [3.05, 3.63) is 96.3 Å². The minimum absolute atomic E-state index is 0.192. The summed E-state index contributed by atoms with van der Waals surface area (Å²) < 4.78 is 16.5. The van der Waals surface area contributed by atoms with Gasteiger partial charge in [-0.25, -0.2) is 14.4 Å². The number of halogens is 1. The number of anilines is 1. The molecule has 0 unspecified atom stereocenters. The largest absolute Gasteiger partial charge is 0.368 e. The molecular weight excluding hydrogens is 413 g/mol. The Morgan fingerprint density at radius 1 is 0.848 bits per heavy atom. The van der Waals surface area contributed by atoms with Crippen molar-refractivity contribution < 1.29 is 4.39 Å². The maximum absolute atomic E-state index is 14.5. The van der Waals surface area contributed by atoms with E-state index in [0.717, 1.165) is 45.0 Å². The van der Waals surface area contributed by atoms with Gasteiger partial charge in [-0.1, -0.05) is 36.4 Å². The van der Waals surface area contributed by atoms with Crippen LogP contribution in [0.4, 0.5) is 10.2 Å². The lowest BCUT2D eigenvalue weighted by atomic mass is 10.1. The molecule has 164 valence electrons. The van der Waals surface area contributed by atoms with E-state index in [0.29, 0.717) is 18.6 Å². The summed E-state index contributed by atoms with van der Waals surface area (Å²) >= 11 is 0. The van der Waals surface area contributed by atoms with Gasteiger partial charge in [0.05, 0.1) is 16.9 Å². The molecule has 2 aromatic carbocycles. The molecule has 3 heterocycles. The van der Waals surface area contributed by atoms with E-state index in [-0.39, 0.29) is 5.82 Å². The fourth-order valence-electron chi connectivity index (χ4n) is 4.14. The molecule has 0 spiro atoms.